The zero-order valence-electron chi connectivity index (χ0n) is 17.6. The minimum absolute atomic E-state index is 0.0153. The van der Waals surface area contributed by atoms with Crippen molar-refractivity contribution >= 4 is 27.1 Å². The van der Waals surface area contributed by atoms with Crippen LogP contribution >= 0.6 is 0 Å². The molecule has 34 heavy (non-hydrogen) atoms. The molecular weight excluding hydrogens is 475 g/mol. The van der Waals surface area contributed by atoms with Gasteiger partial charge < -0.3 is 10.3 Å². The van der Waals surface area contributed by atoms with Crippen LogP contribution in [-0.4, -0.2) is 40.2 Å². The molecule has 0 aliphatic carbocycles. The van der Waals surface area contributed by atoms with E-state index in [1.54, 1.807) is 18.2 Å². The van der Waals surface area contributed by atoms with E-state index in [2.05, 4.69) is 20.4 Å². The van der Waals surface area contributed by atoms with Crippen LogP contribution < -0.4 is 10.9 Å². The molecule has 0 aliphatic rings. The van der Waals surface area contributed by atoms with E-state index in [-0.39, 0.29) is 33.2 Å². The second kappa shape index (κ2) is 8.09. The third-order valence-electron chi connectivity index (χ3n) is 4.90. The Bertz CT molecular complexity index is 1580. The first-order valence-electron chi connectivity index (χ1n) is 9.63. The normalized spacial score (nSPS) is 12.1. The summed E-state index contributed by atoms with van der Waals surface area (Å²) >= 11 is 0. The maximum Gasteiger partial charge on any atom is 0.435 e. The van der Waals surface area contributed by atoms with Gasteiger partial charge in [0.2, 0.25) is 0 Å². The van der Waals surface area contributed by atoms with E-state index in [4.69, 9.17) is 0 Å². The molecule has 0 aliphatic heterocycles. The fraction of sp³-hybridized carbons (Fsp3) is 0.143. The number of carbonyl (C=O) groups excluding carboxylic acids is 1. The fourth-order valence-corrected chi connectivity index (χ4v) is 3.96. The molecule has 1 aromatic carbocycles. The lowest BCUT2D eigenvalue weighted by molar-refractivity contribution is -0.140. The van der Waals surface area contributed by atoms with Gasteiger partial charge in [-0.25, -0.2) is 13.4 Å². The fourth-order valence-electron chi connectivity index (χ4n) is 3.40. The maximum atomic E-state index is 13.7. The highest BCUT2D eigenvalue weighted by atomic mass is 32.2. The molecule has 3 heterocycles. The maximum absolute atomic E-state index is 13.7. The molecule has 2 N–H and O–H groups in total. The molecule has 0 radical (unpaired) electrons. The number of H-pyrrole nitrogens is 1. The standard InChI is InChI=1S/C21H16F3N5O4S/c1-11-15(19(30)27-13-8-9-14(25-10-13)34(2,32)33)20(31)29-18(26-11)16(12-6-4-3-5-7-12)17(28-29)21(22,23)24/h3-10,26H,1-2H3,(H,27,30). The second-order valence-electron chi connectivity index (χ2n) is 7.39. The third kappa shape index (κ3) is 4.17. The van der Waals surface area contributed by atoms with Gasteiger partial charge in [-0.2, -0.15) is 22.8 Å². The number of halogens is 3. The average Bonchev–Trinajstić information content (AvgIpc) is 3.14. The quantitative estimate of drug-likeness (QED) is 0.452. The Hall–Kier alpha value is -4.00. The molecule has 4 rings (SSSR count). The number of aromatic nitrogens is 4. The Morgan fingerprint density at radius 2 is 1.79 bits per heavy atom. The van der Waals surface area contributed by atoms with E-state index < -0.39 is 38.7 Å². The number of fused-ring (bicyclic) bond motifs is 1. The van der Waals surface area contributed by atoms with Crippen LogP contribution in [0.2, 0.25) is 0 Å². The molecule has 176 valence electrons. The number of carbonyl (C=O) groups is 1. The number of aromatic amines is 1. The Kier molecular flexibility index (Phi) is 5.52. The van der Waals surface area contributed by atoms with Crippen LogP contribution in [0.3, 0.4) is 0 Å². The predicted molar refractivity (Wildman–Crippen MR) is 116 cm³/mol. The zero-order valence-corrected chi connectivity index (χ0v) is 18.5. The molecule has 3 aromatic heterocycles. The van der Waals surface area contributed by atoms with Crippen LogP contribution in [0.5, 0.6) is 0 Å². The number of amides is 1. The summed E-state index contributed by atoms with van der Waals surface area (Å²) in [5, 5.41) is 5.65. The molecule has 0 saturated carbocycles. The molecule has 0 atom stereocenters. The first-order chi connectivity index (χ1) is 15.9. The highest BCUT2D eigenvalue weighted by Crippen LogP contribution is 2.38. The highest BCUT2D eigenvalue weighted by Gasteiger charge is 2.39. The Balaban J connectivity index is 1.83. The molecule has 1 amide bonds. The minimum Gasteiger partial charge on any atom is -0.342 e. The van der Waals surface area contributed by atoms with Crippen molar-refractivity contribution < 1.29 is 26.4 Å². The summed E-state index contributed by atoms with van der Waals surface area (Å²) in [6.07, 6.45) is -2.81. The minimum atomic E-state index is -4.86. The van der Waals surface area contributed by atoms with Gasteiger partial charge in [-0.1, -0.05) is 30.3 Å². The van der Waals surface area contributed by atoms with E-state index >= 15 is 0 Å². The first kappa shape index (κ1) is 23.2. The van der Waals surface area contributed by atoms with Crippen molar-refractivity contribution in [3.63, 3.8) is 0 Å². The smallest absolute Gasteiger partial charge is 0.342 e. The van der Waals surface area contributed by atoms with Crippen LogP contribution in [0, 0.1) is 6.92 Å². The third-order valence-corrected chi connectivity index (χ3v) is 5.91. The molecule has 0 unspecified atom stereocenters. The van der Waals surface area contributed by atoms with Gasteiger partial charge in [0.05, 0.1) is 17.4 Å². The van der Waals surface area contributed by atoms with Crippen molar-refractivity contribution in [1.82, 2.24) is 19.6 Å². The van der Waals surface area contributed by atoms with Gasteiger partial charge in [0, 0.05) is 11.9 Å². The number of hydrogen-bond donors (Lipinski definition) is 2. The van der Waals surface area contributed by atoms with Crippen molar-refractivity contribution in [3.05, 3.63) is 76.0 Å². The molecule has 9 nitrogen and oxygen atoms in total. The molecule has 0 saturated heterocycles. The van der Waals surface area contributed by atoms with Crippen molar-refractivity contribution in [3.8, 4) is 11.1 Å². The lowest BCUT2D eigenvalue weighted by Gasteiger charge is -2.09. The SMILES string of the molecule is Cc1[nH]c2c(-c3ccccc3)c(C(F)(F)F)nn2c(=O)c1C(=O)Nc1ccc(S(C)(=O)=O)nc1. The van der Waals surface area contributed by atoms with Gasteiger partial charge in [0.25, 0.3) is 11.5 Å². The van der Waals surface area contributed by atoms with E-state index in [9.17, 15) is 31.2 Å². The van der Waals surface area contributed by atoms with Crippen molar-refractivity contribution in [2.45, 2.75) is 18.1 Å². The average molecular weight is 491 g/mol. The van der Waals surface area contributed by atoms with Crippen LogP contribution in [0.4, 0.5) is 18.9 Å². The van der Waals surface area contributed by atoms with Crippen LogP contribution in [0.25, 0.3) is 16.8 Å². The van der Waals surface area contributed by atoms with Crippen molar-refractivity contribution in [2.24, 2.45) is 0 Å². The number of nitrogens with one attached hydrogen (secondary N) is 2. The topological polar surface area (TPSA) is 126 Å². The first-order valence-corrected chi connectivity index (χ1v) is 11.5. The second-order valence-corrected chi connectivity index (χ2v) is 9.35. The van der Waals surface area contributed by atoms with E-state index in [1.165, 1.54) is 31.2 Å². The molecule has 0 bridgehead atoms. The van der Waals surface area contributed by atoms with E-state index in [1.807, 2.05) is 0 Å². The van der Waals surface area contributed by atoms with Gasteiger partial charge in [-0.15, -0.1) is 0 Å². The summed E-state index contributed by atoms with van der Waals surface area (Å²) < 4.78 is 64.8. The zero-order chi connectivity index (χ0) is 24.8. The van der Waals surface area contributed by atoms with Crippen LogP contribution in [0.15, 0.2) is 58.5 Å². The number of alkyl halides is 3. The summed E-state index contributed by atoms with van der Waals surface area (Å²) in [7, 11) is -3.56. The van der Waals surface area contributed by atoms with Gasteiger partial charge in [-0.3, -0.25) is 9.59 Å². The number of nitrogens with zero attached hydrogens (tertiary/aromatic N) is 3. The highest BCUT2D eigenvalue weighted by molar-refractivity contribution is 7.90. The molecular formula is C21H16F3N5O4S. The summed E-state index contributed by atoms with van der Waals surface area (Å²) in [4.78, 5) is 32.3. The summed E-state index contributed by atoms with van der Waals surface area (Å²) in [5.74, 6) is -0.931. The molecule has 0 spiro atoms. The number of anilines is 1. The summed E-state index contributed by atoms with van der Waals surface area (Å²) in [6, 6.07) is 10.1. The number of aryl methyl sites for hydroxylation is 1. The van der Waals surface area contributed by atoms with Gasteiger partial charge in [0.1, 0.15) is 11.2 Å². The lowest BCUT2D eigenvalue weighted by Crippen LogP contribution is -2.29. The van der Waals surface area contributed by atoms with E-state index in [0.717, 1.165) is 12.5 Å². The van der Waals surface area contributed by atoms with Gasteiger partial charge >= 0.3 is 6.18 Å². The monoisotopic (exact) mass is 491 g/mol. The van der Waals surface area contributed by atoms with Crippen LogP contribution in [0.1, 0.15) is 21.7 Å². The lowest BCUT2D eigenvalue weighted by atomic mass is 10.1. The summed E-state index contributed by atoms with van der Waals surface area (Å²) in [6.45, 7) is 1.37. The van der Waals surface area contributed by atoms with Crippen molar-refractivity contribution in [2.75, 3.05) is 11.6 Å². The number of benzene rings is 1. The van der Waals surface area contributed by atoms with E-state index in [0.29, 0.717) is 4.52 Å². The Morgan fingerprint density at radius 3 is 2.35 bits per heavy atom. The molecule has 4 aromatic rings. The number of rotatable bonds is 4. The Labute approximate surface area is 190 Å². The number of hydrogen-bond acceptors (Lipinski definition) is 6. The number of sulfone groups is 1. The number of pyridine rings is 1. The largest absolute Gasteiger partial charge is 0.435 e. The van der Waals surface area contributed by atoms with Gasteiger partial charge in [-0.05, 0) is 24.6 Å². The van der Waals surface area contributed by atoms with Gasteiger partial charge in [0.15, 0.2) is 20.6 Å². The van der Waals surface area contributed by atoms with Crippen LogP contribution in [-0.2, 0) is 16.0 Å². The molecule has 13 heteroatoms. The molecule has 0 fully saturated rings. The Morgan fingerprint density at radius 1 is 1.12 bits per heavy atom. The summed E-state index contributed by atoms with van der Waals surface area (Å²) in [5.41, 5.74) is -3.04. The predicted octanol–water partition coefficient (Wildman–Crippen LogP) is 3.07. The van der Waals surface area contributed by atoms with Crippen molar-refractivity contribution in [1.29, 1.82) is 0 Å².